The first kappa shape index (κ1) is 9.03. The second-order valence-corrected chi connectivity index (χ2v) is 3.91. The Morgan fingerprint density at radius 1 is 1.25 bits per heavy atom. The Hall–Kier alpha value is -2.23. The molecular weight excluding hydrogens is 200 g/mol. The second-order valence-electron chi connectivity index (χ2n) is 3.91. The Labute approximate surface area is 92.7 Å². The Morgan fingerprint density at radius 2 is 2.12 bits per heavy atom. The van der Waals surface area contributed by atoms with Crippen LogP contribution >= 0.6 is 0 Å². The number of aryl methyl sites for hydroxylation is 1. The average molecular weight is 212 g/mol. The fraction of sp³-hybridized carbons (Fsp3) is 0.0833. The summed E-state index contributed by atoms with van der Waals surface area (Å²) in [6.07, 6.45) is 2.05. The molecule has 4 heteroatoms. The zero-order valence-electron chi connectivity index (χ0n) is 8.94. The molecule has 0 spiro atoms. The highest BCUT2D eigenvalue weighted by molar-refractivity contribution is 5.85. The Bertz CT molecular complexity index is 648. The molecular formula is C12H12N4. The van der Waals surface area contributed by atoms with E-state index in [1.165, 1.54) is 10.9 Å². The van der Waals surface area contributed by atoms with Crippen LogP contribution < -0.4 is 5.73 Å². The van der Waals surface area contributed by atoms with Crippen LogP contribution in [0.2, 0.25) is 0 Å². The van der Waals surface area contributed by atoms with E-state index in [1.807, 2.05) is 13.1 Å². The maximum Gasteiger partial charge on any atom is 0.145 e. The van der Waals surface area contributed by atoms with E-state index >= 15 is 0 Å². The molecule has 0 saturated carbocycles. The number of nitrogens with one attached hydrogen (secondary N) is 1. The van der Waals surface area contributed by atoms with Crippen molar-refractivity contribution < 1.29 is 0 Å². The van der Waals surface area contributed by atoms with Gasteiger partial charge in [-0.2, -0.15) is 5.10 Å². The van der Waals surface area contributed by atoms with Crippen molar-refractivity contribution in [2.75, 3.05) is 5.73 Å². The van der Waals surface area contributed by atoms with E-state index in [1.54, 1.807) is 0 Å². The first-order valence-corrected chi connectivity index (χ1v) is 5.10. The molecule has 16 heavy (non-hydrogen) atoms. The summed E-state index contributed by atoms with van der Waals surface area (Å²) in [6.45, 7) is 0. The fourth-order valence-corrected chi connectivity index (χ4v) is 1.92. The van der Waals surface area contributed by atoms with E-state index in [9.17, 15) is 0 Å². The van der Waals surface area contributed by atoms with Crippen LogP contribution in [-0.4, -0.2) is 14.8 Å². The number of H-pyrrole nitrogens is 1. The molecule has 0 bridgehead atoms. The van der Waals surface area contributed by atoms with Crippen LogP contribution in [-0.2, 0) is 7.05 Å². The smallest absolute Gasteiger partial charge is 0.145 e. The maximum atomic E-state index is 5.59. The number of nitrogen functional groups attached to an aromatic ring is 1. The molecule has 0 fully saturated rings. The largest absolute Gasteiger partial charge is 0.382 e. The van der Waals surface area contributed by atoms with E-state index in [0.717, 1.165) is 11.3 Å². The van der Waals surface area contributed by atoms with Crippen molar-refractivity contribution in [3.8, 4) is 11.3 Å². The number of anilines is 1. The molecule has 2 heterocycles. The summed E-state index contributed by atoms with van der Waals surface area (Å²) in [4.78, 5) is 0. The number of aromatic nitrogens is 3. The van der Waals surface area contributed by atoms with Crippen LogP contribution in [0, 0.1) is 0 Å². The first-order valence-electron chi connectivity index (χ1n) is 5.10. The number of fused-ring (bicyclic) bond motifs is 1. The van der Waals surface area contributed by atoms with Gasteiger partial charge in [0.2, 0.25) is 0 Å². The lowest BCUT2D eigenvalue weighted by atomic mass is 10.1. The van der Waals surface area contributed by atoms with E-state index in [-0.39, 0.29) is 0 Å². The zero-order chi connectivity index (χ0) is 11.1. The van der Waals surface area contributed by atoms with E-state index < -0.39 is 0 Å². The van der Waals surface area contributed by atoms with Crippen molar-refractivity contribution in [2.24, 2.45) is 7.05 Å². The summed E-state index contributed by atoms with van der Waals surface area (Å²) < 4.78 is 2.10. The molecule has 1 aromatic carbocycles. The molecule has 2 aromatic heterocycles. The summed E-state index contributed by atoms with van der Waals surface area (Å²) in [5.74, 6) is 0.516. The summed E-state index contributed by atoms with van der Waals surface area (Å²) in [7, 11) is 2.04. The van der Waals surface area contributed by atoms with Crippen molar-refractivity contribution in [3.63, 3.8) is 0 Å². The summed E-state index contributed by atoms with van der Waals surface area (Å²) in [6, 6.07) is 10.2. The van der Waals surface area contributed by atoms with E-state index in [0.29, 0.717) is 5.82 Å². The molecule has 0 atom stereocenters. The molecule has 3 rings (SSSR count). The number of benzene rings is 1. The van der Waals surface area contributed by atoms with Gasteiger partial charge >= 0.3 is 0 Å². The molecule has 0 radical (unpaired) electrons. The summed E-state index contributed by atoms with van der Waals surface area (Å²) in [5, 5.41) is 8.08. The van der Waals surface area contributed by atoms with E-state index in [4.69, 9.17) is 5.73 Å². The third-order valence-electron chi connectivity index (χ3n) is 2.80. The molecule has 3 N–H and O–H groups in total. The number of hydrogen-bond acceptors (Lipinski definition) is 2. The normalized spacial score (nSPS) is 11.1. The van der Waals surface area contributed by atoms with Crippen molar-refractivity contribution in [3.05, 3.63) is 36.5 Å². The number of nitrogens with two attached hydrogens (primary N) is 1. The monoisotopic (exact) mass is 212 g/mol. The van der Waals surface area contributed by atoms with Crippen molar-refractivity contribution in [1.29, 1.82) is 0 Å². The lowest BCUT2D eigenvalue weighted by Gasteiger charge is -2.00. The highest BCUT2D eigenvalue weighted by atomic mass is 15.2. The number of hydrogen-bond donors (Lipinski definition) is 2. The Balaban J connectivity index is 2.21. The van der Waals surface area contributed by atoms with Crippen LogP contribution in [0.5, 0.6) is 0 Å². The number of nitrogens with zero attached hydrogens (tertiary/aromatic N) is 2. The molecule has 0 aliphatic heterocycles. The molecule has 4 nitrogen and oxygen atoms in total. The lowest BCUT2D eigenvalue weighted by Crippen LogP contribution is -1.85. The molecule has 3 aromatic rings. The average Bonchev–Trinajstić information content (AvgIpc) is 2.86. The van der Waals surface area contributed by atoms with Crippen LogP contribution in [0.4, 0.5) is 5.82 Å². The van der Waals surface area contributed by atoms with Gasteiger partial charge in [0.25, 0.3) is 0 Å². The molecule has 0 unspecified atom stereocenters. The van der Waals surface area contributed by atoms with Gasteiger partial charge in [-0.05, 0) is 17.5 Å². The van der Waals surface area contributed by atoms with Crippen LogP contribution in [0.15, 0.2) is 36.5 Å². The SMILES string of the molecule is Cn1ccc2ccc(-c3cc(N)n[nH]3)cc21. The third kappa shape index (κ3) is 1.27. The first-order chi connectivity index (χ1) is 7.74. The maximum absolute atomic E-state index is 5.59. The van der Waals surface area contributed by atoms with Gasteiger partial charge in [0.15, 0.2) is 0 Å². The molecule has 0 aliphatic carbocycles. The highest BCUT2D eigenvalue weighted by Crippen LogP contribution is 2.24. The highest BCUT2D eigenvalue weighted by Gasteiger charge is 2.04. The van der Waals surface area contributed by atoms with Gasteiger partial charge in [0.05, 0.1) is 5.69 Å². The van der Waals surface area contributed by atoms with Gasteiger partial charge in [-0.1, -0.05) is 12.1 Å². The standard InChI is InChI=1S/C12H12N4/c1-16-5-4-8-2-3-9(6-11(8)16)10-7-12(13)15-14-10/h2-7H,1H3,(H3,13,14,15). The molecule has 80 valence electrons. The van der Waals surface area contributed by atoms with Crippen molar-refractivity contribution in [1.82, 2.24) is 14.8 Å². The minimum absolute atomic E-state index is 0.516. The quantitative estimate of drug-likeness (QED) is 0.649. The minimum atomic E-state index is 0.516. The minimum Gasteiger partial charge on any atom is -0.382 e. The van der Waals surface area contributed by atoms with Crippen LogP contribution in [0.1, 0.15) is 0 Å². The molecule has 0 amide bonds. The van der Waals surface area contributed by atoms with E-state index in [2.05, 4.69) is 45.2 Å². The second kappa shape index (κ2) is 3.13. The zero-order valence-corrected chi connectivity index (χ0v) is 8.94. The predicted molar refractivity (Wildman–Crippen MR) is 64.9 cm³/mol. The third-order valence-corrected chi connectivity index (χ3v) is 2.80. The fourth-order valence-electron chi connectivity index (χ4n) is 1.92. The summed E-state index contributed by atoms with van der Waals surface area (Å²) in [5.41, 5.74) is 8.83. The van der Waals surface area contributed by atoms with Gasteiger partial charge in [-0.25, -0.2) is 0 Å². The van der Waals surface area contributed by atoms with Gasteiger partial charge < -0.3 is 10.3 Å². The summed E-state index contributed by atoms with van der Waals surface area (Å²) >= 11 is 0. The number of rotatable bonds is 1. The van der Waals surface area contributed by atoms with Crippen molar-refractivity contribution >= 4 is 16.7 Å². The Kier molecular flexibility index (Phi) is 1.77. The van der Waals surface area contributed by atoms with Gasteiger partial charge in [0, 0.05) is 30.4 Å². The lowest BCUT2D eigenvalue weighted by molar-refractivity contribution is 0.969. The topological polar surface area (TPSA) is 59.6 Å². The van der Waals surface area contributed by atoms with Crippen LogP contribution in [0.25, 0.3) is 22.2 Å². The molecule has 0 aliphatic rings. The van der Waals surface area contributed by atoms with Gasteiger partial charge in [-0.3, -0.25) is 5.10 Å². The number of aromatic amines is 1. The predicted octanol–water partition coefficient (Wildman–Crippen LogP) is 2.15. The van der Waals surface area contributed by atoms with Crippen molar-refractivity contribution in [2.45, 2.75) is 0 Å². The van der Waals surface area contributed by atoms with Crippen LogP contribution in [0.3, 0.4) is 0 Å². The van der Waals surface area contributed by atoms with Gasteiger partial charge in [-0.15, -0.1) is 0 Å². The van der Waals surface area contributed by atoms with Gasteiger partial charge in [0.1, 0.15) is 5.82 Å². The molecule has 0 saturated heterocycles. The Morgan fingerprint density at radius 3 is 2.88 bits per heavy atom.